The van der Waals surface area contributed by atoms with Gasteiger partial charge in [0, 0.05) is 18.1 Å². The number of hydrogen-bond acceptors (Lipinski definition) is 4. The molecule has 1 heterocycles. The largest absolute Gasteiger partial charge is 0.350 e. The van der Waals surface area contributed by atoms with E-state index in [0.717, 1.165) is 35.1 Å². The van der Waals surface area contributed by atoms with Gasteiger partial charge in [-0.15, -0.1) is 0 Å². The maximum atomic E-state index is 13.4. The number of benzene rings is 3. The first-order chi connectivity index (χ1) is 17.3. The average Bonchev–Trinajstić information content (AvgIpc) is 2.88. The Hall–Kier alpha value is -2.87. The van der Waals surface area contributed by atoms with Crippen LogP contribution in [0, 0.1) is 6.92 Å². The lowest BCUT2D eigenvalue weighted by atomic mass is 10.1. The number of likely N-dealkylation sites (tertiary alicyclic amines) is 1. The first kappa shape index (κ1) is 26.2. The molecule has 1 fully saturated rings. The average molecular weight is 526 g/mol. The molecule has 1 saturated heterocycles. The van der Waals surface area contributed by atoms with Crippen LogP contribution in [0.25, 0.3) is 0 Å². The minimum absolute atomic E-state index is 0.0737. The van der Waals surface area contributed by atoms with Gasteiger partial charge in [-0.3, -0.25) is 14.0 Å². The van der Waals surface area contributed by atoms with Crippen molar-refractivity contribution in [3.8, 4) is 0 Å². The second-order valence-electron chi connectivity index (χ2n) is 9.23. The van der Waals surface area contributed by atoms with Crippen molar-refractivity contribution in [3.63, 3.8) is 0 Å². The summed E-state index contributed by atoms with van der Waals surface area (Å²) in [5.41, 5.74) is 3.64. The summed E-state index contributed by atoms with van der Waals surface area (Å²) in [4.78, 5) is 15.4. The summed E-state index contributed by atoms with van der Waals surface area (Å²) in [7, 11) is -3.97. The molecular weight excluding hydrogens is 494 g/mol. The highest BCUT2D eigenvalue weighted by Gasteiger charge is 2.27. The minimum Gasteiger partial charge on any atom is -0.350 e. The lowest BCUT2D eigenvalue weighted by Crippen LogP contribution is -2.40. The Morgan fingerprint density at radius 1 is 0.889 bits per heavy atom. The molecule has 1 aliphatic rings. The number of anilines is 1. The van der Waals surface area contributed by atoms with E-state index in [9.17, 15) is 13.2 Å². The molecule has 0 bridgehead atoms. The monoisotopic (exact) mass is 525 g/mol. The lowest BCUT2D eigenvalue weighted by Gasteiger charge is -2.26. The molecule has 1 amide bonds. The summed E-state index contributed by atoms with van der Waals surface area (Å²) in [6.45, 7) is 5.15. The highest BCUT2D eigenvalue weighted by atomic mass is 35.5. The van der Waals surface area contributed by atoms with Crippen molar-refractivity contribution in [1.29, 1.82) is 0 Å². The SMILES string of the molecule is Cc1ccc(N(CC(=O)NCc2ccc(CN3CCCCC3)cc2)S(=O)(=O)c2ccc(Cl)cc2)cc1. The van der Waals surface area contributed by atoms with Crippen LogP contribution in [0.5, 0.6) is 0 Å². The lowest BCUT2D eigenvalue weighted by molar-refractivity contribution is -0.119. The Kier molecular flexibility index (Phi) is 8.67. The zero-order valence-electron chi connectivity index (χ0n) is 20.5. The van der Waals surface area contributed by atoms with Crippen molar-refractivity contribution in [3.05, 3.63) is 94.5 Å². The van der Waals surface area contributed by atoms with Gasteiger partial charge in [0.05, 0.1) is 10.6 Å². The molecule has 0 radical (unpaired) electrons. The van der Waals surface area contributed by atoms with Crippen molar-refractivity contribution in [2.45, 2.75) is 44.2 Å². The van der Waals surface area contributed by atoms with Gasteiger partial charge >= 0.3 is 0 Å². The van der Waals surface area contributed by atoms with E-state index in [1.165, 1.54) is 49.1 Å². The molecule has 0 atom stereocenters. The highest BCUT2D eigenvalue weighted by molar-refractivity contribution is 7.92. The molecule has 0 unspecified atom stereocenters. The zero-order chi connectivity index (χ0) is 25.5. The quantitative estimate of drug-likeness (QED) is 0.419. The molecule has 1 N–H and O–H groups in total. The van der Waals surface area contributed by atoms with Crippen LogP contribution < -0.4 is 9.62 Å². The number of piperidine rings is 1. The predicted octanol–water partition coefficient (Wildman–Crippen LogP) is 5.15. The first-order valence-corrected chi connectivity index (χ1v) is 14.0. The van der Waals surface area contributed by atoms with Crippen molar-refractivity contribution < 1.29 is 13.2 Å². The smallest absolute Gasteiger partial charge is 0.264 e. The van der Waals surface area contributed by atoms with Crippen LogP contribution in [-0.2, 0) is 27.9 Å². The van der Waals surface area contributed by atoms with Crippen LogP contribution in [0.2, 0.25) is 5.02 Å². The van der Waals surface area contributed by atoms with Crippen molar-refractivity contribution in [2.24, 2.45) is 0 Å². The van der Waals surface area contributed by atoms with Gasteiger partial charge in [-0.05, 0) is 80.4 Å². The van der Waals surface area contributed by atoms with E-state index in [2.05, 4.69) is 22.3 Å². The number of rotatable bonds is 9. The van der Waals surface area contributed by atoms with Crippen LogP contribution in [0.3, 0.4) is 0 Å². The summed E-state index contributed by atoms with van der Waals surface area (Å²) in [6.07, 6.45) is 3.84. The van der Waals surface area contributed by atoms with Crippen LogP contribution in [0.4, 0.5) is 5.69 Å². The van der Waals surface area contributed by atoms with Crippen LogP contribution in [0.1, 0.15) is 36.0 Å². The summed E-state index contributed by atoms with van der Waals surface area (Å²) >= 11 is 5.94. The number of carbonyl (C=O) groups excluding carboxylic acids is 1. The van der Waals surface area contributed by atoms with E-state index < -0.39 is 10.0 Å². The first-order valence-electron chi connectivity index (χ1n) is 12.2. The van der Waals surface area contributed by atoms with Gasteiger partial charge in [0.25, 0.3) is 10.0 Å². The number of nitrogens with zero attached hydrogens (tertiary/aromatic N) is 2. The van der Waals surface area contributed by atoms with Crippen LogP contribution in [0.15, 0.2) is 77.7 Å². The van der Waals surface area contributed by atoms with Gasteiger partial charge in [0.2, 0.25) is 5.91 Å². The van der Waals surface area contributed by atoms with Gasteiger partial charge in [-0.1, -0.05) is 60.0 Å². The third-order valence-corrected chi connectivity index (χ3v) is 8.42. The van der Waals surface area contributed by atoms with E-state index in [4.69, 9.17) is 11.6 Å². The van der Waals surface area contributed by atoms with E-state index in [0.29, 0.717) is 17.3 Å². The van der Waals surface area contributed by atoms with Crippen molar-refractivity contribution >= 4 is 33.2 Å². The third kappa shape index (κ3) is 6.87. The molecule has 0 aliphatic carbocycles. The molecule has 0 aromatic heterocycles. The molecule has 36 heavy (non-hydrogen) atoms. The fourth-order valence-electron chi connectivity index (χ4n) is 4.29. The summed E-state index contributed by atoms with van der Waals surface area (Å²) < 4.78 is 28.0. The fourth-order valence-corrected chi connectivity index (χ4v) is 5.83. The molecule has 8 heteroatoms. The number of hydrogen-bond donors (Lipinski definition) is 1. The Labute approximate surface area is 218 Å². The number of sulfonamides is 1. The topological polar surface area (TPSA) is 69.7 Å². The number of aryl methyl sites for hydroxylation is 1. The second kappa shape index (κ2) is 11.9. The predicted molar refractivity (Wildman–Crippen MR) is 145 cm³/mol. The standard InChI is InChI=1S/C28H32ClN3O3S/c1-22-5-13-26(14-6-22)32(36(34,35)27-15-11-25(29)12-16-27)21-28(33)30-19-23-7-9-24(10-8-23)20-31-17-3-2-4-18-31/h5-16H,2-4,17-21H2,1H3,(H,30,33). The summed E-state index contributed by atoms with van der Waals surface area (Å²) in [5, 5.41) is 3.31. The molecule has 1 aliphatic heterocycles. The molecule has 190 valence electrons. The van der Waals surface area contributed by atoms with Crippen LogP contribution in [-0.4, -0.2) is 38.9 Å². The summed E-state index contributed by atoms with van der Waals surface area (Å²) in [6, 6.07) is 21.2. The Balaban J connectivity index is 1.42. The number of carbonyl (C=O) groups is 1. The molecule has 6 nitrogen and oxygen atoms in total. The van der Waals surface area contributed by atoms with Crippen molar-refractivity contribution in [1.82, 2.24) is 10.2 Å². The Morgan fingerprint density at radius 2 is 1.50 bits per heavy atom. The Morgan fingerprint density at radius 3 is 2.14 bits per heavy atom. The van der Waals surface area contributed by atoms with Gasteiger partial charge in [0.1, 0.15) is 6.54 Å². The van der Waals surface area contributed by atoms with E-state index in [-0.39, 0.29) is 17.3 Å². The second-order valence-corrected chi connectivity index (χ2v) is 11.5. The maximum Gasteiger partial charge on any atom is 0.264 e. The van der Waals surface area contributed by atoms with Gasteiger partial charge in [-0.25, -0.2) is 8.42 Å². The third-order valence-electron chi connectivity index (χ3n) is 6.38. The molecule has 0 saturated carbocycles. The van der Waals surface area contributed by atoms with Gasteiger partial charge in [0.15, 0.2) is 0 Å². The maximum absolute atomic E-state index is 13.4. The zero-order valence-corrected chi connectivity index (χ0v) is 22.1. The number of nitrogens with one attached hydrogen (secondary N) is 1. The molecule has 0 spiro atoms. The Bertz CT molecular complexity index is 1250. The molecule has 3 aromatic carbocycles. The highest BCUT2D eigenvalue weighted by Crippen LogP contribution is 2.25. The number of halogens is 1. The normalized spacial score (nSPS) is 14.4. The fraction of sp³-hybridized carbons (Fsp3) is 0.321. The number of amides is 1. The van der Waals surface area contributed by atoms with E-state index in [1.807, 2.05) is 31.2 Å². The van der Waals surface area contributed by atoms with Crippen molar-refractivity contribution in [2.75, 3.05) is 23.9 Å². The van der Waals surface area contributed by atoms with Crippen LogP contribution >= 0.6 is 11.6 Å². The van der Waals surface area contributed by atoms with Gasteiger partial charge in [-0.2, -0.15) is 0 Å². The van der Waals surface area contributed by atoms with Gasteiger partial charge < -0.3 is 5.32 Å². The molecule has 4 rings (SSSR count). The summed E-state index contributed by atoms with van der Waals surface area (Å²) in [5.74, 6) is -0.384. The molecule has 3 aromatic rings. The molecular formula is C28H32ClN3O3S. The minimum atomic E-state index is -3.97. The van der Waals surface area contributed by atoms with E-state index in [1.54, 1.807) is 12.1 Å². The van der Waals surface area contributed by atoms with E-state index >= 15 is 0 Å².